The van der Waals surface area contributed by atoms with Crippen LogP contribution in [0.4, 0.5) is 15.4 Å². The summed E-state index contributed by atoms with van der Waals surface area (Å²) in [5.74, 6) is -0.727. The van der Waals surface area contributed by atoms with Crippen molar-refractivity contribution in [2.45, 2.75) is 97.2 Å². The van der Waals surface area contributed by atoms with Crippen molar-refractivity contribution in [1.82, 2.24) is 15.6 Å². The van der Waals surface area contributed by atoms with E-state index in [4.69, 9.17) is 19.0 Å². The van der Waals surface area contributed by atoms with Crippen molar-refractivity contribution < 1.29 is 38.2 Å². The minimum atomic E-state index is -1.20. The summed E-state index contributed by atoms with van der Waals surface area (Å²) in [6.07, 6.45) is 2.16. The van der Waals surface area contributed by atoms with E-state index in [9.17, 15) is 19.2 Å². The number of rotatable bonds is 13. The Balaban J connectivity index is 1.28. The van der Waals surface area contributed by atoms with Crippen molar-refractivity contribution in [3.63, 3.8) is 0 Å². The van der Waals surface area contributed by atoms with Gasteiger partial charge in [0.1, 0.15) is 41.5 Å². The molecular formula is C37H47N5O8. The van der Waals surface area contributed by atoms with Crippen molar-refractivity contribution in [1.29, 1.82) is 0 Å². The Morgan fingerprint density at radius 2 is 1.62 bits per heavy atom. The number of esters is 1. The minimum absolute atomic E-state index is 0.00862. The van der Waals surface area contributed by atoms with Gasteiger partial charge in [-0.05, 0) is 77.8 Å². The van der Waals surface area contributed by atoms with Gasteiger partial charge < -0.3 is 29.7 Å². The smallest absolute Gasteiger partial charge is 0.416 e. The highest BCUT2D eigenvalue weighted by molar-refractivity contribution is 6.39. The number of unbranched alkanes of at least 4 members (excludes halogenated alkanes) is 1. The highest BCUT2D eigenvalue weighted by Gasteiger charge is 2.31. The Morgan fingerprint density at radius 1 is 0.920 bits per heavy atom. The molecule has 0 bridgehead atoms. The lowest BCUT2D eigenvalue weighted by atomic mass is 10.1. The van der Waals surface area contributed by atoms with Crippen molar-refractivity contribution in [2.75, 3.05) is 18.0 Å². The second kappa shape index (κ2) is 17.0. The fraction of sp³-hybridized carbons (Fsp3) is 0.459. The molecular weight excluding hydrogens is 642 g/mol. The molecule has 268 valence electrons. The normalized spacial score (nSPS) is 14.9. The van der Waals surface area contributed by atoms with E-state index in [1.165, 1.54) is 0 Å². The molecule has 13 heteroatoms. The lowest BCUT2D eigenvalue weighted by Crippen LogP contribution is -2.51. The summed E-state index contributed by atoms with van der Waals surface area (Å²) >= 11 is 0. The van der Waals surface area contributed by atoms with E-state index in [0.29, 0.717) is 31.6 Å². The first-order valence-electron chi connectivity index (χ1n) is 16.7. The summed E-state index contributed by atoms with van der Waals surface area (Å²) in [5, 5.41) is 10.9. The second-order valence-electron chi connectivity index (χ2n) is 14.0. The van der Waals surface area contributed by atoms with E-state index in [0.717, 1.165) is 16.3 Å². The molecule has 1 unspecified atom stereocenters. The van der Waals surface area contributed by atoms with Crippen LogP contribution in [0.15, 0.2) is 72.0 Å². The van der Waals surface area contributed by atoms with E-state index in [1.807, 2.05) is 69.3 Å². The predicted molar refractivity (Wildman–Crippen MR) is 189 cm³/mol. The molecule has 1 aromatic heterocycles. The molecule has 0 spiro atoms. The first kappa shape index (κ1) is 37.6. The molecule has 3 aromatic rings. The summed E-state index contributed by atoms with van der Waals surface area (Å²) in [6, 6.07) is 17.5. The third-order valence-corrected chi connectivity index (χ3v) is 7.34. The van der Waals surface area contributed by atoms with Gasteiger partial charge in [-0.3, -0.25) is 9.69 Å². The zero-order chi connectivity index (χ0) is 36.3. The number of anilines is 1. The Bertz CT molecular complexity index is 1660. The van der Waals surface area contributed by atoms with Gasteiger partial charge in [-0.25, -0.2) is 19.4 Å². The van der Waals surface area contributed by atoms with Crippen LogP contribution in [0.1, 0.15) is 72.8 Å². The molecule has 0 aliphatic carbocycles. The molecule has 2 heterocycles. The van der Waals surface area contributed by atoms with Gasteiger partial charge in [0.2, 0.25) is 0 Å². The van der Waals surface area contributed by atoms with Gasteiger partial charge in [0.05, 0.1) is 0 Å². The van der Waals surface area contributed by atoms with Crippen molar-refractivity contribution in [2.24, 2.45) is 5.16 Å². The number of hydrogen-bond donors (Lipinski definition) is 2. The molecule has 0 fully saturated rings. The molecule has 2 atom stereocenters. The molecule has 1 aliphatic rings. The van der Waals surface area contributed by atoms with Crippen LogP contribution in [0, 0.1) is 0 Å². The number of nitrogens with one attached hydrogen (secondary N) is 2. The van der Waals surface area contributed by atoms with Crippen LogP contribution in [-0.2, 0) is 35.2 Å². The number of carbonyl (C=O) groups excluding carboxylic acids is 4. The monoisotopic (exact) mass is 689 g/mol. The molecule has 50 heavy (non-hydrogen) atoms. The van der Waals surface area contributed by atoms with Crippen molar-refractivity contribution in [3.05, 3.63) is 72.4 Å². The van der Waals surface area contributed by atoms with E-state index < -0.39 is 41.3 Å². The van der Waals surface area contributed by atoms with Crippen LogP contribution >= 0.6 is 0 Å². The predicted octanol–water partition coefficient (Wildman–Crippen LogP) is 6.04. The summed E-state index contributed by atoms with van der Waals surface area (Å²) in [7, 11) is 0. The first-order valence-corrected chi connectivity index (χ1v) is 16.7. The summed E-state index contributed by atoms with van der Waals surface area (Å²) in [5.41, 5.74) is -0.553. The van der Waals surface area contributed by atoms with Gasteiger partial charge in [-0.1, -0.05) is 59.8 Å². The number of pyridine rings is 1. The molecule has 13 nitrogen and oxygen atoms in total. The van der Waals surface area contributed by atoms with Crippen LogP contribution in [0.5, 0.6) is 0 Å². The number of hydrogen-bond acceptors (Lipinski definition) is 10. The first-order chi connectivity index (χ1) is 23.7. The Morgan fingerprint density at radius 3 is 2.34 bits per heavy atom. The zero-order valence-corrected chi connectivity index (χ0v) is 29.6. The molecule has 0 radical (unpaired) electrons. The molecule has 2 N–H and O–H groups in total. The number of fused-ring (bicyclic) bond motifs is 1. The van der Waals surface area contributed by atoms with Gasteiger partial charge in [-0.2, -0.15) is 0 Å². The lowest BCUT2D eigenvalue weighted by Gasteiger charge is -2.27. The number of aromatic nitrogens is 1. The molecule has 4 rings (SSSR count). The van der Waals surface area contributed by atoms with Gasteiger partial charge in [-0.15, -0.1) is 0 Å². The fourth-order valence-electron chi connectivity index (χ4n) is 5.05. The van der Waals surface area contributed by atoms with Gasteiger partial charge in [0.15, 0.2) is 0 Å². The van der Waals surface area contributed by atoms with Crippen LogP contribution in [0.3, 0.4) is 0 Å². The molecule has 0 saturated heterocycles. The van der Waals surface area contributed by atoms with Gasteiger partial charge in [0.25, 0.3) is 5.91 Å². The van der Waals surface area contributed by atoms with E-state index in [1.54, 1.807) is 44.0 Å². The quantitative estimate of drug-likeness (QED) is 0.124. The third kappa shape index (κ3) is 11.7. The zero-order valence-electron chi connectivity index (χ0n) is 29.6. The molecule has 0 saturated carbocycles. The van der Waals surface area contributed by atoms with E-state index in [-0.39, 0.29) is 31.4 Å². The van der Waals surface area contributed by atoms with Gasteiger partial charge >= 0.3 is 18.2 Å². The number of ether oxygens (including phenoxy) is 3. The highest BCUT2D eigenvalue weighted by Crippen LogP contribution is 2.27. The molecule has 3 amide bonds. The number of benzene rings is 2. The van der Waals surface area contributed by atoms with Crippen LogP contribution in [0.25, 0.3) is 10.8 Å². The largest absolute Gasteiger partial charge is 0.458 e. The second-order valence-corrected chi connectivity index (χ2v) is 14.0. The van der Waals surface area contributed by atoms with Crippen LogP contribution in [-0.4, -0.2) is 71.2 Å². The Kier molecular flexibility index (Phi) is 12.8. The van der Waals surface area contributed by atoms with Gasteiger partial charge in [0, 0.05) is 31.1 Å². The summed E-state index contributed by atoms with van der Waals surface area (Å²) in [6.45, 7) is 10.7. The van der Waals surface area contributed by atoms with E-state index >= 15 is 0 Å². The Hall–Kier alpha value is -5.20. The number of nitrogens with zero attached hydrogens (tertiary/aromatic N) is 3. The number of carbonyl (C=O) groups is 4. The average Bonchev–Trinajstić information content (AvgIpc) is 3.53. The van der Waals surface area contributed by atoms with E-state index in [2.05, 4.69) is 20.8 Å². The SMILES string of the molecule is CC(C)(C)OC(=O)[C@H](CNC(=O)C1=NOC(CCCCN(C(=O)OC(C)(C)C)c2nccc3ccccc23)C1)NC(=O)OCc1ccccc1. The molecule has 1 aliphatic heterocycles. The number of amides is 3. The average molecular weight is 690 g/mol. The maximum absolute atomic E-state index is 13.3. The topological polar surface area (TPSA) is 158 Å². The summed E-state index contributed by atoms with van der Waals surface area (Å²) in [4.78, 5) is 63.3. The third-order valence-electron chi connectivity index (χ3n) is 7.34. The highest BCUT2D eigenvalue weighted by atomic mass is 16.6. The fourth-order valence-corrected chi connectivity index (χ4v) is 5.05. The standard InChI is InChI=1S/C37H47N5O8/c1-36(2,3)48-33(44)30(40-34(45)47-24-25-14-8-7-9-15-25)23-39-32(43)29-22-27(50-41-29)17-12-13-21-42(35(46)49-37(4,5)6)31-28-18-11-10-16-26(28)19-20-38-31/h7-11,14-16,18-20,27,30H,12-13,17,21-24H2,1-6H3,(H,39,43)(H,40,45)/t27?,30-/m0/s1. The molecule has 2 aromatic carbocycles. The van der Waals surface area contributed by atoms with Crippen LogP contribution in [0.2, 0.25) is 0 Å². The van der Waals surface area contributed by atoms with Crippen molar-refractivity contribution in [3.8, 4) is 0 Å². The maximum Gasteiger partial charge on any atom is 0.416 e. The van der Waals surface area contributed by atoms with Crippen LogP contribution < -0.4 is 15.5 Å². The van der Waals surface area contributed by atoms with Crippen molar-refractivity contribution >= 4 is 46.4 Å². The Labute approximate surface area is 292 Å². The summed E-state index contributed by atoms with van der Waals surface area (Å²) < 4.78 is 16.4. The number of oxime groups is 1. The number of alkyl carbamates (subject to hydrolysis) is 1. The lowest BCUT2D eigenvalue weighted by molar-refractivity contribution is -0.157. The minimum Gasteiger partial charge on any atom is -0.458 e. The maximum atomic E-state index is 13.3.